The summed E-state index contributed by atoms with van der Waals surface area (Å²) in [6, 6.07) is 5.73. The lowest BCUT2D eigenvalue weighted by Gasteiger charge is -2.19. The first-order valence-electron chi connectivity index (χ1n) is 8.50. The van der Waals surface area contributed by atoms with E-state index in [0.717, 1.165) is 24.2 Å². The molecule has 6 nitrogen and oxygen atoms in total. The zero-order valence-corrected chi connectivity index (χ0v) is 15.8. The molecule has 0 saturated heterocycles. The SMILES string of the molecule is COc1cccc(CNC(=O)CC(CN)OC)c1OC1CCCC1.Cl. The molecule has 1 aliphatic rings. The van der Waals surface area contributed by atoms with E-state index in [1.54, 1.807) is 14.2 Å². The van der Waals surface area contributed by atoms with Crippen LogP contribution in [0.15, 0.2) is 18.2 Å². The van der Waals surface area contributed by atoms with Gasteiger partial charge < -0.3 is 25.3 Å². The van der Waals surface area contributed by atoms with E-state index in [0.29, 0.717) is 18.8 Å². The van der Waals surface area contributed by atoms with Gasteiger partial charge in [-0.2, -0.15) is 0 Å². The van der Waals surface area contributed by atoms with Crippen LogP contribution in [0.25, 0.3) is 0 Å². The minimum Gasteiger partial charge on any atom is -0.493 e. The number of halogens is 1. The Balaban J connectivity index is 0.00000312. The van der Waals surface area contributed by atoms with Crippen LogP contribution in [0, 0.1) is 0 Å². The van der Waals surface area contributed by atoms with Crippen LogP contribution >= 0.6 is 12.4 Å². The summed E-state index contributed by atoms with van der Waals surface area (Å²) >= 11 is 0. The number of carbonyl (C=O) groups is 1. The molecule has 3 N–H and O–H groups in total. The number of para-hydroxylation sites is 1. The molecule has 0 spiro atoms. The fourth-order valence-corrected chi connectivity index (χ4v) is 2.90. The molecule has 142 valence electrons. The van der Waals surface area contributed by atoms with Crippen LogP contribution in [-0.4, -0.2) is 38.9 Å². The quantitative estimate of drug-likeness (QED) is 0.695. The van der Waals surface area contributed by atoms with Gasteiger partial charge in [0.15, 0.2) is 11.5 Å². The molecule has 1 unspecified atom stereocenters. The summed E-state index contributed by atoms with van der Waals surface area (Å²) in [4.78, 5) is 12.0. The van der Waals surface area contributed by atoms with Crippen LogP contribution in [0.1, 0.15) is 37.7 Å². The van der Waals surface area contributed by atoms with Crippen molar-refractivity contribution in [2.45, 2.75) is 50.9 Å². The fourth-order valence-electron chi connectivity index (χ4n) is 2.90. The average Bonchev–Trinajstić information content (AvgIpc) is 3.11. The summed E-state index contributed by atoms with van der Waals surface area (Å²) in [5, 5.41) is 2.90. The Morgan fingerprint density at radius 1 is 1.32 bits per heavy atom. The molecule has 1 aromatic carbocycles. The molecule has 0 aliphatic heterocycles. The molecule has 1 amide bonds. The smallest absolute Gasteiger partial charge is 0.222 e. The first-order valence-corrected chi connectivity index (χ1v) is 8.50. The third-order valence-corrected chi connectivity index (χ3v) is 4.35. The largest absolute Gasteiger partial charge is 0.493 e. The number of ether oxygens (including phenoxy) is 3. The summed E-state index contributed by atoms with van der Waals surface area (Å²) in [5.74, 6) is 1.33. The molecule has 1 fully saturated rings. The fraction of sp³-hybridized carbons (Fsp3) is 0.611. The summed E-state index contributed by atoms with van der Waals surface area (Å²) in [6.45, 7) is 0.707. The maximum absolute atomic E-state index is 12.0. The highest BCUT2D eigenvalue weighted by Gasteiger charge is 2.21. The van der Waals surface area contributed by atoms with Gasteiger partial charge in [-0.05, 0) is 31.7 Å². The topological polar surface area (TPSA) is 82.8 Å². The van der Waals surface area contributed by atoms with Gasteiger partial charge in [0.05, 0.1) is 25.7 Å². The number of hydrogen-bond donors (Lipinski definition) is 2. The van der Waals surface area contributed by atoms with Gasteiger partial charge in [0.1, 0.15) is 0 Å². The van der Waals surface area contributed by atoms with Crippen LogP contribution in [-0.2, 0) is 16.1 Å². The molecule has 0 radical (unpaired) electrons. The van der Waals surface area contributed by atoms with Crippen molar-refractivity contribution in [3.05, 3.63) is 23.8 Å². The van der Waals surface area contributed by atoms with Crippen LogP contribution < -0.4 is 20.5 Å². The Morgan fingerprint density at radius 2 is 2.04 bits per heavy atom. The molecule has 0 bridgehead atoms. The number of carbonyl (C=O) groups excluding carboxylic acids is 1. The van der Waals surface area contributed by atoms with E-state index < -0.39 is 0 Å². The molecule has 1 atom stereocenters. The molecule has 0 heterocycles. The molecule has 0 aromatic heterocycles. The van der Waals surface area contributed by atoms with Crippen molar-refractivity contribution in [3.8, 4) is 11.5 Å². The van der Waals surface area contributed by atoms with Gasteiger partial charge >= 0.3 is 0 Å². The van der Waals surface area contributed by atoms with Gasteiger partial charge in [-0.15, -0.1) is 12.4 Å². The van der Waals surface area contributed by atoms with E-state index in [1.165, 1.54) is 12.8 Å². The second-order valence-corrected chi connectivity index (χ2v) is 6.05. The van der Waals surface area contributed by atoms with Crippen molar-refractivity contribution in [2.75, 3.05) is 20.8 Å². The monoisotopic (exact) mass is 372 g/mol. The third-order valence-electron chi connectivity index (χ3n) is 4.35. The van der Waals surface area contributed by atoms with Crippen LogP contribution in [0.2, 0.25) is 0 Å². The Kier molecular flexibility index (Phi) is 9.63. The maximum Gasteiger partial charge on any atom is 0.222 e. The molecule has 1 aliphatic carbocycles. The van der Waals surface area contributed by atoms with Crippen molar-refractivity contribution in [1.29, 1.82) is 0 Å². The lowest BCUT2D eigenvalue weighted by Crippen LogP contribution is -2.32. The molecule has 2 rings (SSSR count). The normalized spacial score (nSPS) is 15.3. The lowest BCUT2D eigenvalue weighted by molar-refractivity contribution is -0.123. The average molecular weight is 373 g/mol. The maximum atomic E-state index is 12.0. The van der Waals surface area contributed by atoms with E-state index in [2.05, 4.69) is 5.32 Å². The Morgan fingerprint density at radius 3 is 2.64 bits per heavy atom. The van der Waals surface area contributed by atoms with E-state index in [-0.39, 0.29) is 36.9 Å². The second kappa shape index (κ2) is 11.2. The van der Waals surface area contributed by atoms with Gasteiger partial charge in [0.2, 0.25) is 5.91 Å². The van der Waals surface area contributed by atoms with Crippen LogP contribution in [0.3, 0.4) is 0 Å². The highest BCUT2D eigenvalue weighted by molar-refractivity contribution is 5.85. The molecule has 1 saturated carbocycles. The summed E-state index contributed by atoms with van der Waals surface area (Å²) in [7, 11) is 3.18. The molecule has 7 heteroatoms. The summed E-state index contributed by atoms with van der Waals surface area (Å²) in [6.07, 6.45) is 4.74. The van der Waals surface area contributed by atoms with E-state index in [9.17, 15) is 4.79 Å². The first-order chi connectivity index (χ1) is 11.7. The van der Waals surface area contributed by atoms with E-state index >= 15 is 0 Å². The van der Waals surface area contributed by atoms with Gasteiger partial charge in [-0.25, -0.2) is 0 Å². The Hall–Kier alpha value is -1.50. The summed E-state index contributed by atoms with van der Waals surface area (Å²) < 4.78 is 16.7. The zero-order chi connectivity index (χ0) is 17.4. The van der Waals surface area contributed by atoms with Crippen LogP contribution in [0.5, 0.6) is 11.5 Å². The highest BCUT2D eigenvalue weighted by Crippen LogP contribution is 2.34. The Labute approximate surface area is 155 Å². The number of rotatable bonds is 9. The first kappa shape index (κ1) is 21.5. The van der Waals surface area contributed by atoms with Crippen molar-refractivity contribution in [2.24, 2.45) is 5.73 Å². The van der Waals surface area contributed by atoms with Crippen molar-refractivity contribution < 1.29 is 19.0 Å². The van der Waals surface area contributed by atoms with Crippen molar-refractivity contribution in [1.82, 2.24) is 5.32 Å². The van der Waals surface area contributed by atoms with Gasteiger partial charge in [-0.3, -0.25) is 4.79 Å². The molecular formula is C18H29ClN2O4. The minimum atomic E-state index is -0.260. The van der Waals surface area contributed by atoms with Crippen LogP contribution in [0.4, 0.5) is 0 Å². The summed E-state index contributed by atoms with van der Waals surface area (Å²) in [5.41, 5.74) is 6.46. The number of nitrogens with two attached hydrogens (primary N) is 1. The Bertz CT molecular complexity index is 532. The predicted octanol–water partition coefficient (Wildman–Crippen LogP) is 2.42. The zero-order valence-electron chi connectivity index (χ0n) is 15.0. The standard InChI is InChI=1S/C18H28N2O4.ClH/c1-22-15(11-19)10-17(21)20-12-13-6-5-9-16(23-2)18(13)24-14-7-3-4-8-14;/h5-6,9,14-15H,3-4,7-8,10-12,19H2,1-2H3,(H,20,21);1H. The highest BCUT2D eigenvalue weighted by atomic mass is 35.5. The minimum absolute atomic E-state index is 0. The predicted molar refractivity (Wildman–Crippen MR) is 99.4 cm³/mol. The van der Waals surface area contributed by atoms with E-state index in [1.807, 2.05) is 18.2 Å². The number of methoxy groups -OCH3 is 2. The molecular weight excluding hydrogens is 344 g/mol. The van der Waals surface area contributed by atoms with Crippen molar-refractivity contribution in [3.63, 3.8) is 0 Å². The molecule has 1 aromatic rings. The van der Waals surface area contributed by atoms with E-state index in [4.69, 9.17) is 19.9 Å². The number of hydrogen-bond acceptors (Lipinski definition) is 5. The number of benzene rings is 1. The van der Waals surface area contributed by atoms with Gasteiger partial charge in [-0.1, -0.05) is 12.1 Å². The lowest BCUT2D eigenvalue weighted by atomic mass is 10.1. The number of amides is 1. The third kappa shape index (κ3) is 6.38. The van der Waals surface area contributed by atoms with Gasteiger partial charge in [0.25, 0.3) is 0 Å². The number of nitrogens with one attached hydrogen (secondary N) is 1. The molecule has 25 heavy (non-hydrogen) atoms. The van der Waals surface area contributed by atoms with Crippen molar-refractivity contribution >= 4 is 18.3 Å². The van der Waals surface area contributed by atoms with Gasteiger partial charge in [0, 0.05) is 25.8 Å². The second-order valence-electron chi connectivity index (χ2n) is 6.05.